The standard InChI is InChI=1S/C18H27N3O/c22-18(20-16-5-2-1-3-6-16)10-14-21-12-8-15(9-13-21)17-7-4-11-19-17/h1-3,5-6,15,17,19H,4,7-14H2,(H,20,22). The molecule has 2 aliphatic heterocycles. The van der Waals surface area contributed by atoms with Crippen LogP contribution in [0.2, 0.25) is 0 Å². The van der Waals surface area contributed by atoms with Gasteiger partial charge in [0.05, 0.1) is 0 Å². The van der Waals surface area contributed by atoms with Crippen molar-refractivity contribution in [3.8, 4) is 0 Å². The summed E-state index contributed by atoms with van der Waals surface area (Å²) in [6.45, 7) is 4.36. The highest BCUT2D eigenvalue weighted by Crippen LogP contribution is 2.25. The van der Waals surface area contributed by atoms with Gasteiger partial charge in [0, 0.05) is 24.7 Å². The Balaban J connectivity index is 1.35. The van der Waals surface area contributed by atoms with E-state index in [4.69, 9.17) is 0 Å². The monoisotopic (exact) mass is 301 g/mol. The smallest absolute Gasteiger partial charge is 0.225 e. The summed E-state index contributed by atoms with van der Waals surface area (Å²) in [6, 6.07) is 10.5. The van der Waals surface area contributed by atoms with E-state index >= 15 is 0 Å². The number of hydrogen-bond acceptors (Lipinski definition) is 3. The van der Waals surface area contributed by atoms with Crippen LogP contribution < -0.4 is 10.6 Å². The van der Waals surface area contributed by atoms with Gasteiger partial charge in [-0.1, -0.05) is 18.2 Å². The van der Waals surface area contributed by atoms with Crippen molar-refractivity contribution < 1.29 is 4.79 Å². The second-order valence-electron chi connectivity index (χ2n) is 6.55. The van der Waals surface area contributed by atoms with Crippen LogP contribution in [0.3, 0.4) is 0 Å². The fourth-order valence-corrected chi connectivity index (χ4v) is 3.70. The number of para-hydroxylation sites is 1. The molecule has 0 saturated carbocycles. The van der Waals surface area contributed by atoms with Gasteiger partial charge in [-0.25, -0.2) is 0 Å². The van der Waals surface area contributed by atoms with E-state index in [0.717, 1.165) is 37.3 Å². The van der Waals surface area contributed by atoms with Gasteiger partial charge in [0.1, 0.15) is 0 Å². The fraction of sp³-hybridized carbons (Fsp3) is 0.611. The van der Waals surface area contributed by atoms with Gasteiger partial charge in [-0.2, -0.15) is 0 Å². The number of carbonyl (C=O) groups is 1. The summed E-state index contributed by atoms with van der Waals surface area (Å²) in [5.41, 5.74) is 0.888. The summed E-state index contributed by atoms with van der Waals surface area (Å²) in [7, 11) is 0. The van der Waals surface area contributed by atoms with E-state index in [0.29, 0.717) is 6.42 Å². The molecule has 1 atom stereocenters. The van der Waals surface area contributed by atoms with Crippen molar-refractivity contribution in [2.45, 2.75) is 38.1 Å². The van der Waals surface area contributed by atoms with E-state index in [-0.39, 0.29) is 5.91 Å². The molecule has 2 aliphatic rings. The molecule has 120 valence electrons. The highest BCUT2D eigenvalue weighted by molar-refractivity contribution is 5.90. The van der Waals surface area contributed by atoms with Gasteiger partial charge in [0.15, 0.2) is 0 Å². The van der Waals surface area contributed by atoms with Gasteiger partial charge in [0.25, 0.3) is 0 Å². The zero-order chi connectivity index (χ0) is 15.2. The summed E-state index contributed by atoms with van der Waals surface area (Å²) in [4.78, 5) is 14.4. The van der Waals surface area contributed by atoms with E-state index in [1.807, 2.05) is 30.3 Å². The molecule has 1 amide bonds. The van der Waals surface area contributed by atoms with Crippen LogP contribution >= 0.6 is 0 Å². The predicted octanol–water partition coefficient (Wildman–Crippen LogP) is 2.48. The Labute approximate surface area is 133 Å². The van der Waals surface area contributed by atoms with E-state index in [1.54, 1.807) is 0 Å². The Kier molecular flexibility index (Phi) is 5.46. The molecule has 2 heterocycles. The number of amides is 1. The number of hydrogen-bond donors (Lipinski definition) is 2. The minimum absolute atomic E-state index is 0.116. The molecule has 4 heteroatoms. The molecule has 2 N–H and O–H groups in total. The molecule has 1 unspecified atom stereocenters. The number of benzene rings is 1. The van der Waals surface area contributed by atoms with Gasteiger partial charge >= 0.3 is 0 Å². The third-order valence-electron chi connectivity index (χ3n) is 5.01. The lowest BCUT2D eigenvalue weighted by molar-refractivity contribution is -0.116. The van der Waals surface area contributed by atoms with Crippen LogP contribution in [0.5, 0.6) is 0 Å². The summed E-state index contributed by atoms with van der Waals surface area (Å²) in [5.74, 6) is 0.961. The molecule has 0 aliphatic carbocycles. The maximum Gasteiger partial charge on any atom is 0.225 e. The topological polar surface area (TPSA) is 44.4 Å². The Hall–Kier alpha value is -1.39. The molecule has 0 radical (unpaired) electrons. The third kappa shape index (κ3) is 4.31. The molecule has 3 rings (SSSR count). The number of nitrogens with one attached hydrogen (secondary N) is 2. The van der Waals surface area contributed by atoms with E-state index in [9.17, 15) is 4.79 Å². The Morgan fingerprint density at radius 1 is 1.18 bits per heavy atom. The van der Waals surface area contributed by atoms with Gasteiger partial charge in [-0.15, -0.1) is 0 Å². The first-order valence-electron chi connectivity index (χ1n) is 8.62. The van der Waals surface area contributed by atoms with Crippen LogP contribution in [0.15, 0.2) is 30.3 Å². The molecule has 2 fully saturated rings. The molecule has 2 saturated heterocycles. The summed E-state index contributed by atoms with van der Waals surface area (Å²) >= 11 is 0. The Morgan fingerprint density at radius 2 is 1.95 bits per heavy atom. The van der Waals surface area contributed by atoms with Crippen molar-refractivity contribution in [2.75, 3.05) is 31.5 Å². The quantitative estimate of drug-likeness (QED) is 0.878. The van der Waals surface area contributed by atoms with E-state index in [1.165, 1.54) is 32.2 Å². The molecule has 22 heavy (non-hydrogen) atoms. The van der Waals surface area contributed by atoms with E-state index < -0.39 is 0 Å². The Bertz CT molecular complexity index is 462. The van der Waals surface area contributed by atoms with Crippen LogP contribution in [0, 0.1) is 5.92 Å². The molecule has 4 nitrogen and oxygen atoms in total. The maximum atomic E-state index is 12.0. The number of piperidine rings is 1. The van der Waals surface area contributed by atoms with Gasteiger partial charge in [-0.3, -0.25) is 4.79 Å². The minimum Gasteiger partial charge on any atom is -0.326 e. The molecule has 1 aromatic rings. The van der Waals surface area contributed by atoms with Crippen LogP contribution in [0.4, 0.5) is 5.69 Å². The summed E-state index contributed by atoms with van der Waals surface area (Å²) in [5, 5.41) is 6.60. The molecule has 1 aromatic carbocycles. The average Bonchev–Trinajstić information content (AvgIpc) is 3.09. The molecule has 0 spiro atoms. The SMILES string of the molecule is O=C(CCN1CCC(C2CCCN2)CC1)Nc1ccccc1. The van der Waals surface area contributed by atoms with Crippen LogP contribution in [0.25, 0.3) is 0 Å². The van der Waals surface area contributed by atoms with Gasteiger partial charge < -0.3 is 15.5 Å². The van der Waals surface area contributed by atoms with Gasteiger partial charge in [0.2, 0.25) is 5.91 Å². The second-order valence-corrected chi connectivity index (χ2v) is 6.55. The summed E-state index contributed by atoms with van der Waals surface area (Å²) in [6.07, 6.45) is 5.83. The van der Waals surface area contributed by atoms with Crippen LogP contribution in [-0.2, 0) is 4.79 Å². The van der Waals surface area contributed by atoms with Crippen molar-refractivity contribution in [2.24, 2.45) is 5.92 Å². The molecule has 0 bridgehead atoms. The lowest BCUT2D eigenvalue weighted by Crippen LogP contribution is -2.41. The first kappa shape index (κ1) is 15.5. The van der Waals surface area contributed by atoms with Crippen molar-refractivity contribution in [3.63, 3.8) is 0 Å². The van der Waals surface area contributed by atoms with Gasteiger partial charge in [-0.05, 0) is 63.4 Å². The number of rotatable bonds is 5. The zero-order valence-electron chi connectivity index (χ0n) is 13.3. The fourth-order valence-electron chi connectivity index (χ4n) is 3.70. The molecular formula is C18H27N3O. The third-order valence-corrected chi connectivity index (χ3v) is 5.01. The maximum absolute atomic E-state index is 12.0. The molecular weight excluding hydrogens is 274 g/mol. The van der Waals surface area contributed by atoms with Crippen molar-refractivity contribution in [3.05, 3.63) is 30.3 Å². The average molecular weight is 301 g/mol. The number of carbonyl (C=O) groups excluding carboxylic acids is 1. The first-order valence-corrected chi connectivity index (χ1v) is 8.62. The minimum atomic E-state index is 0.116. The lowest BCUT2D eigenvalue weighted by atomic mass is 9.88. The lowest BCUT2D eigenvalue weighted by Gasteiger charge is -2.34. The number of nitrogens with zero attached hydrogens (tertiary/aromatic N) is 1. The van der Waals surface area contributed by atoms with Crippen LogP contribution in [-0.4, -0.2) is 43.0 Å². The largest absolute Gasteiger partial charge is 0.326 e. The first-order chi connectivity index (χ1) is 10.8. The van der Waals surface area contributed by atoms with Crippen LogP contribution in [0.1, 0.15) is 32.1 Å². The molecule has 0 aromatic heterocycles. The normalized spacial score (nSPS) is 23.5. The Morgan fingerprint density at radius 3 is 2.64 bits per heavy atom. The van der Waals surface area contributed by atoms with Crippen molar-refractivity contribution in [1.29, 1.82) is 0 Å². The predicted molar refractivity (Wildman–Crippen MR) is 89.9 cm³/mol. The summed E-state index contributed by atoms with van der Waals surface area (Å²) < 4.78 is 0. The van der Waals surface area contributed by atoms with E-state index in [2.05, 4.69) is 15.5 Å². The van der Waals surface area contributed by atoms with Crippen molar-refractivity contribution >= 4 is 11.6 Å². The second kappa shape index (κ2) is 7.75. The number of likely N-dealkylation sites (tertiary alicyclic amines) is 1. The number of anilines is 1. The van der Waals surface area contributed by atoms with Crippen molar-refractivity contribution in [1.82, 2.24) is 10.2 Å². The highest BCUT2D eigenvalue weighted by atomic mass is 16.1. The zero-order valence-corrected chi connectivity index (χ0v) is 13.3. The highest BCUT2D eigenvalue weighted by Gasteiger charge is 2.28.